The molecule has 1 fully saturated rings. The molecule has 2 aromatic rings. The highest BCUT2D eigenvalue weighted by Crippen LogP contribution is 2.27. The van der Waals surface area contributed by atoms with Gasteiger partial charge in [-0.3, -0.25) is 4.79 Å². The van der Waals surface area contributed by atoms with Gasteiger partial charge in [0.1, 0.15) is 5.60 Å². The van der Waals surface area contributed by atoms with Crippen molar-refractivity contribution >= 4 is 12.0 Å². The Balaban J connectivity index is 1.68. The highest BCUT2D eigenvalue weighted by molar-refractivity contribution is 6.01. The Hall–Kier alpha value is -2.82. The van der Waals surface area contributed by atoms with Crippen LogP contribution in [0.15, 0.2) is 54.6 Å². The van der Waals surface area contributed by atoms with Gasteiger partial charge in [-0.1, -0.05) is 48.5 Å². The van der Waals surface area contributed by atoms with E-state index in [-0.39, 0.29) is 11.9 Å². The molecule has 1 unspecified atom stereocenters. The number of likely N-dealkylation sites (tertiary alicyclic amines) is 1. The molecule has 1 aliphatic heterocycles. The molecule has 142 valence electrons. The molecule has 0 radical (unpaired) electrons. The highest BCUT2D eigenvalue weighted by Gasteiger charge is 2.34. The minimum absolute atomic E-state index is 0.00306. The van der Waals surface area contributed by atoms with Crippen molar-refractivity contribution in [2.75, 3.05) is 13.1 Å². The summed E-state index contributed by atoms with van der Waals surface area (Å²) in [7, 11) is 0. The fourth-order valence-corrected chi connectivity index (χ4v) is 3.13. The van der Waals surface area contributed by atoms with E-state index in [9.17, 15) is 9.59 Å². The number of alkyl carbamates (subject to hydrolysis) is 1. The predicted octanol–water partition coefficient (Wildman–Crippen LogP) is 4.09. The number of hydrogen-bond donors (Lipinski definition) is 1. The van der Waals surface area contributed by atoms with Crippen molar-refractivity contribution in [1.82, 2.24) is 10.2 Å². The molecule has 1 N–H and O–H groups in total. The van der Waals surface area contributed by atoms with E-state index in [1.807, 2.05) is 80.3 Å². The molecule has 2 amide bonds. The summed E-state index contributed by atoms with van der Waals surface area (Å²) in [5.41, 5.74) is 2.10. The second kappa shape index (κ2) is 7.82. The van der Waals surface area contributed by atoms with E-state index in [0.717, 1.165) is 17.5 Å². The van der Waals surface area contributed by atoms with Crippen LogP contribution in [0.5, 0.6) is 0 Å². The number of nitrogens with zero attached hydrogens (tertiary/aromatic N) is 1. The second-order valence-electron chi connectivity index (χ2n) is 7.74. The maximum atomic E-state index is 13.1. The van der Waals surface area contributed by atoms with E-state index in [1.54, 1.807) is 0 Å². The van der Waals surface area contributed by atoms with E-state index < -0.39 is 11.7 Å². The van der Waals surface area contributed by atoms with E-state index in [4.69, 9.17) is 4.74 Å². The van der Waals surface area contributed by atoms with Crippen molar-refractivity contribution in [3.8, 4) is 11.1 Å². The molecule has 5 nitrogen and oxygen atoms in total. The lowest BCUT2D eigenvalue weighted by Gasteiger charge is -2.41. The first-order valence-corrected chi connectivity index (χ1v) is 9.27. The number of nitrogens with one attached hydrogen (secondary N) is 1. The molecule has 3 rings (SSSR count). The van der Waals surface area contributed by atoms with Crippen molar-refractivity contribution in [1.29, 1.82) is 0 Å². The lowest BCUT2D eigenvalue weighted by Crippen LogP contribution is -2.56. The fraction of sp³-hybridized carbons (Fsp3) is 0.364. The van der Waals surface area contributed by atoms with Crippen LogP contribution in [-0.4, -0.2) is 41.6 Å². The quantitative estimate of drug-likeness (QED) is 0.886. The zero-order valence-corrected chi connectivity index (χ0v) is 16.1. The highest BCUT2D eigenvalue weighted by atomic mass is 16.6. The third-order valence-corrected chi connectivity index (χ3v) is 4.53. The molecule has 27 heavy (non-hydrogen) atoms. The summed E-state index contributed by atoms with van der Waals surface area (Å²) in [6, 6.07) is 17.5. The largest absolute Gasteiger partial charge is 0.444 e. The van der Waals surface area contributed by atoms with Gasteiger partial charge in [-0.25, -0.2) is 4.79 Å². The number of benzene rings is 2. The Morgan fingerprint density at radius 2 is 1.74 bits per heavy atom. The van der Waals surface area contributed by atoms with Crippen LogP contribution in [0.2, 0.25) is 0 Å². The molecule has 5 heteroatoms. The van der Waals surface area contributed by atoms with Gasteiger partial charge in [0.05, 0.1) is 6.04 Å². The van der Waals surface area contributed by atoms with Gasteiger partial charge >= 0.3 is 6.09 Å². The Morgan fingerprint density at radius 3 is 2.37 bits per heavy atom. The number of amides is 2. The molecule has 1 atom stereocenters. The van der Waals surface area contributed by atoms with Crippen LogP contribution in [0.1, 0.15) is 37.6 Å². The number of hydrogen-bond acceptors (Lipinski definition) is 3. The third-order valence-electron chi connectivity index (χ3n) is 4.53. The normalized spacial score (nSPS) is 16.4. The van der Waals surface area contributed by atoms with Crippen LogP contribution in [0.3, 0.4) is 0 Å². The molecular weight excluding hydrogens is 340 g/mol. The lowest BCUT2D eigenvalue weighted by molar-refractivity contribution is 0.0374. The van der Waals surface area contributed by atoms with Crippen LogP contribution in [0.4, 0.5) is 4.79 Å². The number of ether oxygens (including phenoxy) is 1. The minimum Gasteiger partial charge on any atom is -0.444 e. The SMILES string of the molecule is CC(C)(C)OC(=O)NCC1CCN1C(=O)c1ccccc1-c1ccccc1. The van der Waals surface area contributed by atoms with Gasteiger partial charge in [0, 0.05) is 18.7 Å². The monoisotopic (exact) mass is 366 g/mol. The Labute approximate surface area is 160 Å². The first-order valence-electron chi connectivity index (χ1n) is 9.27. The molecular formula is C22H26N2O3. The van der Waals surface area contributed by atoms with Gasteiger partial charge in [-0.05, 0) is 44.4 Å². The standard InChI is InChI=1S/C22H26N2O3/c1-22(2,3)27-21(26)23-15-17-13-14-24(17)20(25)19-12-8-7-11-18(19)16-9-5-4-6-10-16/h4-12,17H,13-15H2,1-3H3,(H,23,26). The first kappa shape index (κ1) is 19.0. The number of carbonyl (C=O) groups excluding carboxylic acids is 2. The average Bonchev–Trinajstić information content (AvgIpc) is 2.60. The molecule has 0 aliphatic carbocycles. The van der Waals surface area contributed by atoms with Gasteiger partial charge < -0.3 is 15.0 Å². The molecule has 1 aliphatic rings. The fourth-order valence-electron chi connectivity index (χ4n) is 3.13. The number of carbonyl (C=O) groups is 2. The molecule has 0 bridgehead atoms. The van der Waals surface area contributed by atoms with E-state index >= 15 is 0 Å². The summed E-state index contributed by atoms with van der Waals surface area (Å²) in [5, 5.41) is 2.77. The molecule has 0 saturated carbocycles. The Morgan fingerprint density at radius 1 is 1.07 bits per heavy atom. The first-order chi connectivity index (χ1) is 12.8. The summed E-state index contributed by atoms with van der Waals surface area (Å²) in [6.45, 7) is 6.57. The summed E-state index contributed by atoms with van der Waals surface area (Å²) in [4.78, 5) is 26.8. The van der Waals surface area contributed by atoms with E-state index in [1.165, 1.54) is 0 Å². The Bertz CT molecular complexity index is 812. The van der Waals surface area contributed by atoms with Gasteiger partial charge in [0.15, 0.2) is 0 Å². The zero-order chi connectivity index (χ0) is 19.4. The average molecular weight is 366 g/mol. The zero-order valence-electron chi connectivity index (χ0n) is 16.1. The summed E-state index contributed by atoms with van der Waals surface area (Å²) in [6.07, 6.45) is 0.418. The summed E-state index contributed by atoms with van der Waals surface area (Å²) in [5.74, 6) is -0.00306. The summed E-state index contributed by atoms with van der Waals surface area (Å²) >= 11 is 0. The number of rotatable bonds is 4. The van der Waals surface area contributed by atoms with E-state index in [2.05, 4.69) is 5.32 Å². The van der Waals surface area contributed by atoms with Gasteiger partial charge in [0.2, 0.25) is 0 Å². The van der Waals surface area contributed by atoms with Crippen LogP contribution in [0, 0.1) is 0 Å². The van der Waals surface area contributed by atoms with Crippen molar-refractivity contribution in [2.45, 2.75) is 38.8 Å². The second-order valence-corrected chi connectivity index (χ2v) is 7.74. The van der Waals surface area contributed by atoms with Crippen LogP contribution in [-0.2, 0) is 4.74 Å². The van der Waals surface area contributed by atoms with E-state index in [0.29, 0.717) is 18.7 Å². The third kappa shape index (κ3) is 4.67. The van der Waals surface area contributed by atoms with Crippen molar-refractivity contribution < 1.29 is 14.3 Å². The van der Waals surface area contributed by atoms with Crippen molar-refractivity contribution in [3.63, 3.8) is 0 Å². The molecule has 0 spiro atoms. The maximum absolute atomic E-state index is 13.1. The smallest absolute Gasteiger partial charge is 0.407 e. The van der Waals surface area contributed by atoms with Crippen LogP contribution in [0.25, 0.3) is 11.1 Å². The van der Waals surface area contributed by atoms with Gasteiger partial charge in [-0.2, -0.15) is 0 Å². The molecule has 2 aromatic carbocycles. The molecule has 1 saturated heterocycles. The molecule has 1 heterocycles. The van der Waals surface area contributed by atoms with Crippen molar-refractivity contribution in [3.05, 3.63) is 60.2 Å². The van der Waals surface area contributed by atoms with Gasteiger partial charge in [0.25, 0.3) is 5.91 Å². The van der Waals surface area contributed by atoms with Crippen LogP contribution < -0.4 is 5.32 Å². The van der Waals surface area contributed by atoms with Gasteiger partial charge in [-0.15, -0.1) is 0 Å². The minimum atomic E-state index is -0.534. The lowest BCUT2D eigenvalue weighted by atomic mass is 9.95. The molecule has 0 aromatic heterocycles. The maximum Gasteiger partial charge on any atom is 0.407 e. The Kier molecular flexibility index (Phi) is 5.49. The van der Waals surface area contributed by atoms with Crippen molar-refractivity contribution in [2.24, 2.45) is 0 Å². The summed E-state index contributed by atoms with van der Waals surface area (Å²) < 4.78 is 5.26. The van der Waals surface area contributed by atoms with Crippen LogP contribution >= 0.6 is 0 Å². The predicted molar refractivity (Wildman–Crippen MR) is 106 cm³/mol. The topological polar surface area (TPSA) is 58.6 Å².